The van der Waals surface area contributed by atoms with Crippen LogP contribution in [0.1, 0.15) is 53.4 Å². The molecule has 0 aliphatic carbocycles. The van der Waals surface area contributed by atoms with Crippen LogP contribution in [0.25, 0.3) is 0 Å². The Morgan fingerprint density at radius 2 is 1.00 bits per heavy atom. The zero-order valence-electron chi connectivity index (χ0n) is 22.2. The van der Waals surface area contributed by atoms with Crippen LogP contribution in [0.2, 0.25) is 0 Å². The first-order valence-corrected chi connectivity index (χ1v) is 12.2. The molecule has 0 aromatic carbocycles. The Morgan fingerprint density at radius 1 is 0.684 bits per heavy atom. The van der Waals surface area contributed by atoms with Gasteiger partial charge < -0.3 is 41.8 Å². The van der Waals surface area contributed by atoms with Gasteiger partial charge in [-0.05, 0) is 24.7 Å². The smallest absolute Gasteiger partial charge is 0.331 e. The predicted molar refractivity (Wildman–Crippen MR) is 134 cm³/mol. The summed E-state index contributed by atoms with van der Waals surface area (Å²) < 4.78 is 10.5. The monoisotopic (exact) mass is 544 g/mol. The number of esters is 2. The van der Waals surface area contributed by atoms with Gasteiger partial charge in [-0.1, -0.05) is 27.7 Å². The molecule has 2 amide bonds. The van der Waals surface area contributed by atoms with Crippen molar-refractivity contribution in [1.29, 1.82) is 0 Å². The lowest BCUT2D eigenvalue weighted by Crippen LogP contribution is -2.47. The number of hydrogen-bond donors (Lipinski definition) is 6. The fourth-order valence-corrected chi connectivity index (χ4v) is 3.60. The fraction of sp³-hybridized carbons (Fsp3) is 0.667. The molecule has 0 aromatic heterocycles. The van der Waals surface area contributed by atoms with Crippen LogP contribution in [-0.4, -0.2) is 83.3 Å². The Balaban J connectivity index is 5.55. The molecule has 38 heavy (non-hydrogen) atoms. The summed E-state index contributed by atoms with van der Waals surface area (Å²) in [6, 6.07) is -1.42. The van der Waals surface area contributed by atoms with Gasteiger partial charge in [-0.25, -0.2) is 9.59 Å². The molecule has 0 fully saturated rings. The number of carbonyl (C=O) groups is 6. The van der Waals surface area contributed by atoms with Gasteiger partial charge in [0, 0.05) is 24.2 Å². The van der Waals surface area contributed by atoms with Gasteiger partial charge in [0.1, 0.15) is 12.2 Å². The molecule has 0 aliphatic rings. The minimum absolute atomic E-state index is 0.0500. The molecule has 4 atom stereocenters. The lowest BCUT2D eigenvalue weighted by Gasteiger charge is -2.28. The molecule has 8 N–H and O–H groups in total. The Kier molecular flexibility index (Phi) is 16.2. The Hall–Kier alpha value is -3.52. The molecule has 0 radical (unpaired) electrons. The van der Waals surface area contributed by atoms with Crippen LogP contribution in [-0.2, 0) is 38.2 Å². The van der Waals surface area contributed by atoms with Crippen molar-refractivity contribution in [3.05, 3.63) is 12.2 Å². The summed E-state index contributed by atoms with van der Waals surface area (Å²) in [7, 11) is 0. The average Bonchev–Trinajstić information content (AvgIpc) is 2.75. The van der Waals surface area contributed by atoms with Gasteiger partial charge in [-0.2, -0.15) is 0 Å². The second kappa shape index (κ2) is 17.9. The van der Waals surface area contributed by atoms with E-state index in [1.807, 2.05) is 27.7 Å². The van der Waals surface area contributed by atoms with Gasteiger partial charge in [0.15, 0.2) is 0 Å². The van der Waals surface area contributed by atoms with E-state index in [4.69, 9.17) is 20.9 Å². The number of ether oxygens (including phenoxy) is 2. The van der Waals surface area contributed by atoms with E-state index < -0.39 is 72.8 Å². The number of carboxylic acid groups (broad SMARTS) is 2. The van der Waals surface area contributed by atoms with Crippen LogP contribution in [0.3, 0.4) is 0 Å². The van der Waals surface area contributed by atoms with Gasteiger partial charge in [0.2, 0.25) is 11.8 Å². The summed E-state index contributed by atoms with van der Waals surface area (Å²) in [6.45, 7) is 6.89. The van der Waals surface area contributed by atoms with Crippen molar-refractivity contribution in [3.63, 3.8) is 0 Å². The number of aliphatic carboxylic acids is 2. The lowest BCUT2D eigenvalue weighted by atomic mass is 9.97. The highest BCUT2D eigenvalue weighted by atomic mass is 16.6. The van der Waals surface area contributed by atoms with Gasteiger partial charge in [0.25, 0.3) is 0 Å². The van der Waals surface area contributed by atoms with Crippen molar-refractivity contribution < 1.29 is 48.5 Å². The molecule has 14 nitrogen and oxygen atoms in total. The second-order valence-electron chi connectivity index (χ2n) is 9.65. The first kappa shape index (κ1) is 34.5. The van der Waals surface area contributed by atoms with Gasteiger partial charge >= 0.3 is 23.9 Å². The van der Waals surface area contributed by atoms with Gasteiger partial charge in [-0.15, -0.1) is 0 Å². The van der Waals surface area contributed by atoms with Gasteiger partial charge in [0.05, 0.1) is 25.9 Å². The third kappa shape index (κ3) is 17.0. The summed E-state index contributed by atoms with van der Waals surface area (Å²) in [6.07, 6.45) is -1.35. The third-order valence-electron chi connectivity index (χ3n) is 5.07. The van der Waals surface area contributed by atoms with Crippen molar-refractivity contribution in [1.82, 2.24) is 10.6 Å². The summed E-state index contributed by atoms with van der Waals surface area (Å²) in [5.41, 5.74) is 10.3. The number of carboxylic acids is 2. The predicted octanol–water partition coefficient (Wildman–Crippen LogP) is -0.705. The number of carbonyl (C=O) groups excluding carboxylic acids is 4. The van der Waals surface area contributed by atoms with Crippen LogP contribution in [0.5, 0.6) is 0 Å². The van der Waals surface area contributed by atoms with E-state index in [-0.39, 0.29) is 24.9 Å². The molecule has 0 heterocycles. The first-order chi connectivity index (χ1) is 17.6. The largest absolute Gasteiger partial charge is 0.481 e. The van der Waals surface area contributed by atoms with Crippen molar-refractivity contribution in [3.8, 4) is 0 Å². The molecule has 216 valence electrons. The number of hydrogen-bond acceptors (Lipinski definition) is 10. The molecule has 0 bridgehead atoms. The summed E-state index contributed by atoms with van der Waals surface area (Å²) in [5, 5.41) is 24.1. The highest BCUT2D eigenvalue weighted by Gasteiger charge is 2.30. The minimum atomic E-state index is -1.25. The zero-order valence-corrected chi connectivity index (χ0v) is 22.2. The number of nitrogens with two attached hydrogens (primary N) is 2. The van der Waals surface area contributed by atoms with E-state index in [2.05, 4.69) is 10.6 Å². The minimum Gasteiger partial charge on any atom is -0.481 e. The van der Waals surface area contributed by atoms with Crippen LogP contribution >= 0.6 is 0 Å². The van der Waals surface area contributed by atoms with Crippen LogP contribution < -0.4 is 22.1 Å². The van der Waals surface area contributed by atoms with Crippen LogP contribution in [0, 0.1) is 11.8 Å². The zero-order chi connectivity index (χ0) is 29.4. The highest BCUT2D eigenvalue weighted by Crippen LogP contribution is 2.16. The van der Waals surface area contributed by atoms with E-state index in [0.29, 0.717) is 12.8 Å². The van der Waals surface area contributed by atoms with Crippen molar-refractivity contribution in [2.45, 2.75) is 77.7 Å². The molecule has 0 saturated heterocycles. The number of rotatable bonds is 20. The first-order valence-electron chi connectivity index (χ1n) is 12.2. The van der Waals surface area contributed by atoms with E-state index in [0.717, 1.165) is 12.2 Å². The normalized spacial score (nSPS) is 14.6. The van der Waals surface area contributed by atoms with Crippen molar-refractivity contribution in [2.75, 3.05) is 13.1 Å². The Morgan fingerprint density at radius 3 is 1.24 bits per heavy atom. The molecular weight excluding hydrogens is 504 g/mol. The summed E-state index contributed by atoms with van der Waals surface area (Å²) >= 11 is 0. The van der Waals surface area contributed by atoms with E-state index in [1.165, 1.54) is 0 Å². The van der Waals surface area contributed by atoms with E-state index in [1.54, 1.807) is 0 Å². The number of amides is 2. The maximum atomic E-state index is 12.4. The Bertz CT molecular complexity index is 791. The van der Waals surface area contributed by atoms with Crippen LogP contribution in [0.4, 0.5) is 0 Å². The molecule has 0 spiro atoms. The van der Waals surface area contributed by atoms with E-state index >= 15 is 0 Å². The maximum absolute atomic E-state index is 12.4. The molecule has 0 saturated carbocycles. The highest BCUT2D eigenvalue weighted by molar-refractivity contribution is 5.92. The lowest BCUT2D eigenvalue weighted by molar-refractivity contribution is -0.153. The van der Waals surface area contributed by atoms with Crippen molar-refractivity contribution >= 4 is 35.7 Å². The summed E-state index contributed by atoms with van der Waals surface area (Å²) in [4.78, 5) is 69.9. The number of nitrogens with one attached hydrogen (secondary N) is 2. The SMILES string of the molecule is CC(C)CC(NCC(N)=O)C(CC(=O)O)OC(=O)/C=C\C(=O)OC(CC(=O)O)C(CC(C)C)NCC(N)=O. The van der Waals surface area contributed by atoms with E-state index in [9.17, 15) is 39.0 Å². The molecule has 0 aromatic rings. The van der Waals surface area contributed by atoms with Crippen LogP contribution in [0.15, 0.2) is 12.2 Å². The topological polar surface area (TPSA) is 237 Å². The summed E-state index contributed by atoms with van der Waals surface area (Å²) in [5.74, 6) is -5.87. The second-order valence-corrected chi connectivity index (χ2v) is 9.65. The third-order valence-corrected chi connectivity index (χ3v) is 5.07. The molecule has 4 unspecified atom stereocenters. The molecule has 0 aliphatic heterocycles. The Labute approximate surface area is 221 Å². The molecule has 0 rings (SSSR count). The molecular formula is C24H40N4O10. The average molecular weight is 545 g/mol. The van der Waals surface area contributed by atoms with Gasteiger partial charge in [-0.3, -0.25) is 19.2 Å². The van der Waals surface area contributed by atoms with Crippen molar-refractivity contribution in [2.24, 2.45) is 23.3 Å². The fourth-order valence-electron chi connectivity index (χ4n) is 3.60. The maximum Gasteiger partial charge on any atom is 0.331 e. The quantitative estimate of drug-likeness (QED) is 0.0823. The standard InChI is InChI=1S/C24H40N4O10/c1-13(2)7-15(27-11-19(25)29)17(9-21(31)32)37-23(35)5-6-24(36)38-18(10-22(33)34)16(8-14(3)4)28-12-20(26)30/h5-6,13-18,27-28H,7-12H2,1-4H3,(H2,25,29)(H2,26,30)(H,31,32)(H,33,34)/b6-5-. The number of primary amides is 2. The molecule has 14 heteroatoms.